The van der Waals surface area contributed by atoms with Gasteiger partial charge in [0.05, 0.1) is 15.7 Å². The highest BCUT2D eigenvalue weighted by atomic mass is 79.9. The maximum atomic E-state index is 14.4. The zero-order valence-electron chi connectivity index (χ0n) is 12.0. The number of nitrogens with zero attached hydrogens (tertiary/aromatic N) is 1. The van der Waals surface area contributed by atoms with E-state index in [1.54, 1.807) is 6.07 Å². The van der Waals surface area contributed by atoms with E-state index < -0.39 is 11.8 Å². The molecule has 0 saturated carbocycles. The monoisotopic (exact) mass is 345 g/mol. The van der Waals surface area contributed by atoms with Crippen molar-refractivity contribution in [2.24, 2.45) is 0 Å². The molecule has 1 aromatic rings. The number of benzene rings is 1. The summed E-state index contributed by atoms with van der Waals surface area (Å²) in [6.07, 6.45) is 4.06. The fraction of sp³-hybridized carbons (Fsp3) is 0.533. The van der Waals surface area contributed by atoms with E-state index in [9.17, 15) is 9.18 Å². The second-order valence-corrected chi connectivity index (χ2v) is 5.55. The standard InChI is InChI=1S/C15H21BrFNO2/c1-3-5-9-18(10-6-4-2)12-8-7-11(15(19)20)13(16)14(12)17/h7-8H,3-6,9-10H2,1-2H3,(H,19,20). The molecule has 0 spiro atoms. The van der Waals surface area contributed by atoms with Crippen molar-refractivity contribution in [2.45, 2.75) is 39.5 Å². The van der Waals surface area contributed by atoms with Crippen molar-refractivity contribution in [3.05, 3.63) is 28.0 Å². The lowest BCUT2D eigenvalue weighted by atomic mass is 10.1. The first-order valence-electron chi connectivity index (χ1n) is 6.99. The van der Waals surface area contributed by atoms with E-state index in [1.807, 2.05) is 4.90 Å². The molecule has 0 aliphatic rings. The number of carboxylic acid groups (broad SMARTS) is 1. The average Bonchev–Trinajstić information content (AvgIpc) is 2.42. The third-order valence-corrected chi connectivity index (χ3v) is 3.97. The highest BCUT2D eigenvalue weighted by Gasteiger charge is 2.19. The van der Waals surface area contributed by atoms with Gasteiger partial charge in [-0.05, 0) is 40.9 Å². The summed E-state index contributed by atoms with van der Waals surface area (Å²) in [4.78, 5) is 13.0. The average molecular weight is 346 g/mol. The molecule has 1 rings (SSSR count). The molecule has 0 saturated heterocycles. The minimum atomic E-state index is -1.13. The zero-order chi connectivity index (χ0) is 15.1. The molecular weight excluding hydrogens is 325 g/mol. The highest BCUT2D eigenvalue weighted by Crippen LogP contribution is 2.30. The quantitative estimate of drug-likeness (QED) is 0.742. The Kier molecular flexibility index (Phi) is 6.99. The first kappa shape index (κ1) is 17.0. The smallest absolute Gasteiger partial charge is 0.336 e. The van der Waals surface area contributed by atoms with E-state index in [1.165, 1.54) is 6.07 Å². The van der Waals surface area contributed by atoms with Crippen molar-refractivity contribution < 1.29 is 14.3 Å². The first-order valence-corrected chi connectivity index (χ1v) is 7.78. The maximum absolute atomic E-state index is 14.4. The number of unbranched alkanes of at least 4 members (excludes halogenated alkanes) is 2. The summed E-state index contributed by atoms with van der Waals surface area (Å²) >= 11 is 3.05. The van der Waals surface area contributed by atoms with Crippen LogP contribution in [0.25, 0.3) is 0 Å². The van der Waals surface area contributed by atoms with Crippen LogP contribution in [0.4, 0.5) is 10.1 Å². The van der Waals surface area contributed by atoms with Gasteiger partial charge in [-0.2, -0.15) is 0 Å². The van der Waals surface area contributed by atoms with Crippen molar-refractivity contribution in [1.29, 1.82) is 0 Å². The molecule has 1 aromatic carbocycles. The second-order valence-electron chi connectivity index (χ2n) is 4.76. The van der Waals surface area contributed by atoms with Crippen LogP contribution in [0.1, 0.15) is 49.9 Å². The Morgan fingerprint density at radius 2 is 1.80 bits per heavy atom. The summed E-state index contributed by atoms with van der Waals surface area (Å²) in [6.45, 7) is 5.76. The summed E-state index contributed by atoms with van der Waals surface area (Å²) in [6, 6.07) is 3.02. The van der Waals surface area contributed by atoms with E-state index in [0.717, 1.165) is 38.8 Å². The number of hydrogen-bond acceptors (Lipinski definition) is 2. The fourth-order valence-corrected chi connectivity index (χ4v) is 2.50. The molecular formula is C15H21BrFNO2. The maximum Gasteiger partial charge on any atom is 0.336 e. The number of carboxylic acids is 1. The van der Waals surface area contributed by atoms with E-state index in [2.05, 4.69) is 29.8 Å². The van der Waals surface area contributed by atoms with E-state index >= 15 is 0 Å². The zero-order valence-corrected chi connectivity index (χ0v) is 13.5. The Labute approximate surface area is 127 Å². The van der Waals surface area contributed by atoms with Gasteiger partial charge >= 0.3 is 5.97 Å². The van der Waals surface area contributed by atoms with E-state index in [4.69, 9.17) is 5.11 Å². The number of carbonyl (C=O) groups is 1. The Morgan fingerprint density at radius 1 is 1.25 bits per heavy atom. The number of rotatable bonds is 8. The molecule has 5 heteroatoms. The largest absolute Gasteiger partial charge is 0.478 e. The molecule has 0 aromatic heterocycles. The van der Waals surface area contributed by atoms with Gasteiger partial charge in [0.2, 0.25) is 0 Å². The summed E-state index contributed by atoms with van der Waals surface area (Å²) in [5.41, 5.74) is 0.431. The lowest BCUT2D eigenvalue weighted by Gasteiger charge is -2.25. The number of anilines is 1. The Morgan fingerprint density at radius 3 is 2.25 bits per heavy atom. The van der Waals surface area contributed by atoms with Crippen LogP contribution >= 0.6 is 15.9 Å². The predicted molar refractivity (Wildman–Crippen MR) is 83.1 cm³/mol. The lowest BCUT2D eigenvalue weighted by molar-refractivity contribution is 0.0695. The van der Waals surface area contributed by atoms with Crippen LogP contribution < -0.4 is 4.90 Å². The Bertz CT molecular complexity index is 457. The van der Waals surface area contributed by atoms with Gasteiger partial charge in [-0.3, -0.25) is 0 Å². The summed E-state index contributed by atoms with van der Waals surface area (Å²) < 4.78 is 14.4. The van der Waals surface area contributed by atoms with Gasteiger partial charge in [-0.15, -0.1) is 0 Å². The molecule has 0 bridgehead atoms. The number of aromatic carboxylic acids is 1. The van der Waals surface area contributed by atoms with Crippen LogP contribution in [0, 0.1) is 5.82 Å². The summed E-state index contributed by atoms with van der Waals surface area (Å²) in [5.74, 6) is -1.62. The van der Waals surface area contributed by atoms with Gasteiger partial charge in [-0.1, -0.05) is 26.7 Å². The number of halogens is 2. The summed E-state index contributed by atoms with van der Waals surface area (Å²) in [7, 11) is 0. The Balaban J connectivity index is 3.06. The fourth-order valence-electron chi connectivity index (χ4n) is 2.00. The van der Waals surface area contributed by atoms with Crippen molar-refractivity contribution in [3.63, 3.8) is 0 Å². The molecule has 0 heterocycles. The molecule has 0 aliphatic carbocycles. The normalized spacial score (nSPS) is 10.6. The van der Waals surface area contributed by atoms with Crippen molar-refractivity contribution in [1.82, 2.24) is 0 Å². The van der Waals surface area contributed by atoms with Gasteiger partial charge in [0, 0.05) is 13.1 Å². The van der Waals surface area contributed by atoms with Crippen molar-refractivity contribution in [2.75, 3.05) is 18.0 Å². The lowest BCUT2D eigenvalue weighted by Crippen LogP contribution is -2.26. The topological polar surface area (TPSA) is 40.5 Å². The molecule has 20 heavy (non-hydrogen) atoms. The third-order valence-electron chi connectivity index (χ3n) is 3.20. The number of hydrogen-bond donors (Lipinski definition) is 1. The van der Waals surface area contributed by atoms with Gasteiger partial charge in [0.15, 0.2) is 5.82 Å². The minimum absolute atomic E-state index is 0.0282. The SMILES string of the molecule is CCCCN(CCCC)c1ccc(C(=O)O)c(Br)c1F. The van der Waals surface area contributed by atoms with Gasteiger partial charge in [-0.25, -0.2) is 9.18 Å². The molecule has 0 aliphatic heterocycles. The Hall–Kier alpha value is -1.10. The third kappa shape index (κ3) is 4.20. The van der Waals surface area contributed by atoms with Crippen LogP contribution in [-0.4, -0.2) is 24.2 Å². The molecule has 1 N–H and O–H groups in total. The second kappa shape index (κ2) is 8.25. The van der Waals surface area contributed by atoms with Crippen LogP contribution in [0.15, 0.2) is 16.6 Å². The van der Waals surface area contributed by atoms with Crippen molar-refractivity contribution in [3.8, 4) is 0 Å². The van der Waals surface area contributed by atoms with Gasteiger partial charge in [0.25, 0.3) is 0 Å². The molecule has 0 radical (unpaired) electrons. The molecule has 0 fully saturated rings. The minimum Gasteiger partial charge on any atom is -0.478 e. The van der Waals surface area contributed by atoms with Crippen LogP contribution in [0.5, 0.6) is 0 Å². The molecule has 0 atom stereocenters. The molecule has 112 valence electrons. The van der Waals surface area contributed by atoms with Gasteiger partial charge < -0.3 is 10.0 Å². The summed E-state index contributed by atoms with van der Waals surface area (Å²) in [5, 5.41) is 8.99. The van der Waals surface area contributed by atoms with E-state index in [0.29, 0.717) is 5.69 Å². The van der Waals surface area contributed by atoms with E-state index in [-0.39, 0.29) is 10.0 Å². The first-order chi connectivity index (χ1) is 9.52. The van der Waals surface area contributed by atoms with Gasteiger partial charge in [0.1, 0.15) is 0 Å². The van der Waals surface area contributed by atoms with Crippen LogP contribution in [0.3, 0.4) is 0 Å². The molecule has 0 amide bonds. The van der Waals surface area contributed by atoms with Crippen molar-refractivity contribution >= 4 is 27.6 Å². The molecule has 3 nitrogen and oxygen atoms in total. The van der Waals surface area contributed by atoms with Crippen LogP contribution in [-0.2, 0) is 0 Å². The van der Waals surface area contributed by atoms with Crippen LogP contribution in [0.2, 0.25) is 0 Å². The predicted octanol–water partition coefficient (Wildman–Crippen LogP) is 4.69. The highest BCUT2D eigenvalue weighted by molar-refractivity contribution is 9.10. The molecule has 0 unspecified atom stereocenters.